The summed E-state index contributed by atoms with van der Waals surface area (Å²) in [4.78, 5) is 21.2. The van der Waals surface area contributed by atoms with Gasteiger partial charge in [0.25, 0.3) is 0 Å². The Hall–Kier alpha value is -2.15. The lowest BCUT2D eigenvalue weighted by Crippen LogP contribution is -2.14. The van der Waals surface area contributed by atoms with Crippen LogP contribution in [0.15, 0.2) is 12.1 Å². The van der Waals surface area contributed by atoms with Gasteiger partial charge in [-0.05, 0) is 0 Å². The lowest BCUT2D eigenvalue weighted by atomic mass is 10.1. The van der Waals surface area contributed by atoms with Crippen molar-refractivity contribution in [2.45, 2.75) is 0 Å². The number of rotatable bonds is 4. The standard InChI is InChI=1S/C9H10N2O5/c1-16-9-3-7(12)5(8(13)4-10)2-6(9)11(14)15/h2-3,12H,4,10H2,1H3. The topological polar surface area (TPSA) is 116 Å². The van der Waals surface area contributed by atoms with Gasteiger partial charge in [0.2, 0.25) is 5.75 Å². The summed E-state index contributed by atoms with van der Waals surface area (Å²) in [5.41, 5.74) is 4.53. The van der Waals surface area contributed by atoms with E-state index < -0.39 is 22.1 Å². The van der Waals surface area contributed by atoms with Crippen molar-refractivity contribution in [1.29, 1.82) is 0 Å². The number of phenols is 1. The molecule has 1 aromatic carbocycles. The van der Waals surface area contributed by atoms with Gasteiger partial charge in [-0.15, -0.1) is 0 Å². The maximum Gasteiger partial charge on any atom is 0.311 e. The molecule has 7 nitrogen and oxygen atoms in total. The highest BCUT2D eigenvalue weighted by atomic mass is 16.6. The highest BCUT2D eigenvalue weighted by Gasteiger charge is 2.21. The van der Waals surface area contributed by atoms with Crippen LogP contribution in [0, 0.1) is 10.1 Å². The van der Waals surface area contributed by atoms with Crippen LogP contribution in [0.1, 0.15) is 10.4 Å². The summed E-state index contributed by atoms with van der Waals surface area (Å²) in [6.07, 6.45) is 0. The number of aromatic hydroxyl groups is 1. The van der Waals surface area contributed by atoms with Gasteiger partial charge in [0.05, 0.1) is 24.1 Å². The van der Waals surface area contributed by atoms with E-state index in [0.717, 1.165) is 12.1 Å². The van der Waals surface area contributed by atoms with Gasteiger partial charge in [-0.1, -0.05) is 0 Å². The molecule has 0 aliphatic carbocycles. The van der Waals surface area contributed by atoms with Crippen LogP contribution in [0.5, 0.6) is 11.5 Å². The minimum absolute atomic E-state index is 0.115. The number of benzene rings is 1. The Balaban J connectivity index is 3.38. The van der Waals surface area contributed by atoms with E-state index in [1.165, 1.54) is 7.11 Å². The van der Waals surface area contributed by atoms with E-state index in [1.54, 1.807) is 0 Å². The molecule has 0 amide bonds. The third kappa shape index (κ3) is 2.09. The first-order valence-corrected chi connectivity index (χ1v) is 4.30. The van der Waals surface area contributed by atoms with Gasteiger partial charge >= 0.3 is 5.69 Å². The molecule has 1 aromatic rings. The fourth-order valence-corrected chi connectivity index (χ4v) is 1.20. The maximum absolute atomic E-state index is 11.3. The first-order chi connectivity index (χ1) is 7.51. The van der Waals surface area contributed by atoms with E-state index >= 15 is 0 Å². The first kappa shape index (κ1) is 11.9. The monoisotopic (exact) mass is 226 g/mol. The Labute approximate surface area is 90.6 Å². The van der Waals surface area contributed by atoms with Crippen molar-refractivity contribution < 1.29 is 19.6 Å². The lowest BCUT2D eigenvalue weighted by molar-refractivity contribution is -0.385. The zero-order chi connectivity index (χ0) is 12.3. The summed E-state index contributed by atoms with van der Waals surface area (Å²) in [5, 5.41) is 20.1. The van der Waals surface area contributed by atoms with Crippen molar-refractivity contribution in [3.8, 4) is 11.5 Å². The number of hydrogen-bond donors (Lipinski definition) is 2. The number of ether oxygens (including phenoxy) is 1. The molecule has 3 N–H and O–H groups in total. The second-order valence-corrected chi connectivity index (χ2v) is 2.93. The number of nitrogens with two attached hydrogens (primary N) is 1. The molecule has 0 saturated carbocycles. The zero-order valence-electron chi connectivity index (χ0n) is 8.47. The van der Waals surface area contributed by atoms with Crippen LogP contribution < -0.4 is 10.5 Å². The minimum atomic E-state index is -0.703. The van der Waals surface area contributed by atoms with Crippen molar-refractivity contribution in [3.05, 3.63) is 27.8 Å². The van der Waals surface area contributed by atoms with Crippen LogP contribution in [-0.4, -0.2) is 29.5 Å². The quantitative estimate of drug-likeness (QED) is 0.437. The van der Waals surface area contributed by atoms with Gasteiger partial charge in [-0.3, -0.25) is 14.9 Å². The fourth-order valence-electron chi connectivity index (χ4n) is 1.20. The number of nitro benzene ring substituents is 1. The predicted octanol–water partition coefficient (Wildman–Crippen LogP) is 0.450. The molecule has 0 fully saturated rings. The van der Waals surface area contributed by atoms with Crippen molar-refractivity contribution in [1.82, 2.24) is 0 Å². The van der Waals surface area contributed by atoms with Crippen LogP contribution in [0.2, 0.25) is 0 Å². The Bertz CT molecular complexity index is 444. The molecule has 0 bridgehead atoms. The van der Waals surface area contributed by atoms with Crippen LogP contribution >= 0.6 is 0 Å². The molecule has 1 rings (SSSR count). The van der Waals surface area contributed by atoms with E-state index in [1.807, 2.05) is 0 Å². The van der Waals surface area contributed by atoms with Gasteiger partial charge in [0, 0.05) is 12.1 Å². The minimum Gasteiger partial charge on any atom is -0.507 e. The molecule has 0 aliphatic heterocycles. The number of methoxy groups -OCH3 is 1. The van der Waals surface area contributed by atoms with Crippen molar-refractivity contribution in [2.24, 2.45) is 5.73 Å². The third-order valence-corrected chi connectivity index (χ3v) is 1.98. The molecule has 0 atom stereocenters. The highest BCUT2D eigenvalue weighted by molar-refractivity contribution is 6.00. The Morgan fingerprint density at radius 1 is 1.62 bits per heavy atom. The van der Waals surface area contributed by atoms with E-state index in [0.29, 0.717) is 0 Å². The van der Waals surface area contributed by atoms with E-state index in [4.69, 9.17) is 10.5 Å². The normalized spacial score (nSPS) is 9.88. The number of nitrogens with zero attached hydrogens (tertiary/aromatic N) is 1. The van der Waals surface area contributed by atoms with Crippen LogP contribution in [0.25, 0.3) is 0 Å². The van der Waals surface area contributed by atoms with Gasteiger partial charge in [-0.25, -0.2) is 0 Å². The SMILES string of the molecule is COc1cc(O)c(C(=O)CN)cc1[N+](=O)[O-]. The second kappa shape index (κ2) is 4.58. The maximum atomic E-state index is 11.3. The van der Waals surface area contributed by atoms with Crippen molar-refractivity contribution >= 4 is 11.5 Å². The molecule has 86 valence electrons. The number of phenolic OH excluding ortho intramolecular Hbond substituents is 1. The molecule has 7 heteroatoms. The third-order valence-electron chi connectivity index (χ3n) is 1.98. The predicted molar refractivity (Wildman–Crippen MR) is 54.7 cm³/mol. The molecule has 0 spiro atoms. The Morgan fingerprint density at radius 3 is 2.69 bits per heavy atom. The molecule has 0 radical (unpaired) electrons. The number of Topliss-reactive ketones (excluding diaryl/α,β-unsaturated/α-hetero) is 1. The highest BCUT2D eigenvalue weighted by Crippen LogP contribution is 2.33. The smallest absolute Gasteiger partial charge is 0.311 e. The lowest BCUT2D eigenvalue weighted by Gasteiger charge is -2.06. The summed E-state index contributed by atoms with van der Waals surface area (Å²) < 4.78 is 4.71. The summed E-state index contributed by atoms with van der Waals surface area (Å²) in [6, 6.07) is 1.96. The molecule has 0 aliphatic rings. The van der Waals surface area contributed by atoms with Gasteiger partial charge in [-0.2, -0.15) is 0 Å². The van der Waals surface area contributed by atoms with Crippen LogP contribution in [0.4, 0.5) is 5.69 Å². The molecule has 0 aromatic heterocycles. The summed E-state index contributed by atoms with van der Waals surface area (Å²) in [5.74, 6) is -1.09. The molecule has 0 unspecified atom stereocenters. The number of hydrogen-bond acceptors (Lipinski definition) is 6. The molecular formula is C9H10N2O5. The Morgan fingerprint density at radius 2 is 2.25 bits per heavy atom. The van der Waals surface area contributed by atoms with Gasteiger partial charge in [0.15, 0.2) is 5.78 Å². The van der Waals surface area contributed by atoms with Gasteiger partial charge < -0.3 is 15.6 Å². The summed E-state index contributed by atoms with van der Waals surface area (Å²) in [7, 11) is 1.23. The average Bonchev–Trinajstić information content (AvgIpc) is 2.27. The number of ketones is 1. The Kier molecular flexibility index (Phi) is 3.41. The largest absolute Gasteiger partial charge is 0.507 e. The van der Waals surface area contributed by atoms with E-state index in [2.05, 4.69) is 0 Å². The average molecular weight is 226 g/mol. The van der Waals surface area contributed by atoms with Crippen molar-refractivity contribution in [2.75, 3.05) is 13.7 Å². The molecule has 16 heavy (non-hydrogen) atoms. The zero-order valence-corrected chi connectivity index (χ0v) is 8.47. The number of carbonyl (C=O) groups is 1. The molecular weight excluding hydrogens is 216 g/mol. The first-order valence-electron chi connectivity index (χ1n) is 4.30. The molecule has 0 saturated heterocycles. The van der Waals surface area contributed by atoms with E-state index in [9.17, 15) is 20.0 Å². The van der Waals surface area contributed by atoms with Crippen LogP contribution in [-0.2, 0) is 0 Å². The summed E-state index contributed by atoms with van der Waals surface area (Å²) in [6.45, 7) is -0.336. The number of carbonyl (C=O) groups excluding carboxylic acids is 1. The number of nitro groups is 1. The fraction of sp³-hybridized carbons (Fsp3) is 0.222. The second-order valence-electron chi connectivity index (χ2n) is 2.93. The van der Waals surface area contributed by atoms with E-state index in [-0.39, 0.29) is 17.9 Å². The van der Waals surface area contributed by atoms with Crippen molar-refractivity contribution in [3.63, 3.8) is 0 Å². The van der Waals surface area contributed by atoms with Crippen LogP contribution in [0.3, 0.4) is 0 Å². The summed E-state index contributed by atoms with van der Waals surface area (Å²) >= 11 is 0. The van der Waals surface area contributed by atoms with Gasteiger partial charge in [0.1, 0.15) is 5.75 Å². The molecule has 0 heterocycles.